The van der Waals surface area contributed by atoms with Crippen LogP contribution in [0.4, 0.5) is 0 Å². The molecule has 0 N–H and O–H groups in total. The normalized spacial score (nSPS) is 12.8. The number of aryl methyl sites for hydroxylation is 1. The highest BCUT2D eigenvalue weighted by Gasteiger charge is 2.18. The molecule has 0 bridgehead atoms. The minimum Gasteiger partial charge on any atom is -0.384 e. The highest BCUT2D eigenvalue weighted by Crippen LogP contribution is 2.16. The molecule has 6 heteroatoms. The van der Waals surface area contributed by atoms with Crippen LogP contribution in [0.25, 0.3) is 0 Å². The molecule has 1 heterocycles. The molecule has 5 nitrogen and oxygen atoms in total. The number of Topliss-reactive ketones (excluding diaryl/α,β-unsaturated/α-hetero) is 1. The van der Waals surface area contributed by atoms with E-state index >= 15 is 0 Å². The van der Waals surface area contributed by atoms with Gasteiger partial charge in [-0.05, 0) is 21.8 Å². The van der Waals surface area contributed by atoms with E-state index in [-0.39, 0.29) is 11.7 Å². The second-order valence-corrected chi connectivity index (χ2v) is 4.29. The first kappa shape index (κ1) is 12.3. The Bertz CT molecular complexity index is 332. The third-order valence-corrected chi connectivity index (χ3v) is 2.57. The summed E-state index contributed by atoms with van der Waals surface area (Å²) in [5.74, 6) is 0.225. The van der Waals surface area contributed by atoms with Crippen molar-refractivity contribution in [3.05, 3.63) is 10.3 Å². The lowest BCUT2D eigenvalue weighted by molar-refractivity contribution is 0.0910. The van der Waals surface area contributed by atoms with Crippen LogP contribution in [0.2, 0.25) is 0 Å². The summed E-state index contributed by atoms with van der Waals surface area (Å²) in [5, 5.41) is 7.53. The Kier molecular flexibility index (Phi) is 4.41. The zero-order valence-electron chi connectivity index (χ0n) is 9.03. The quantitative estimate of drug-likeness (QED) is 0.763. The van der Waals surface area contributed by atoms with Crippen molar-refractivity contribution in [2.45, 2.75) is 13.3 Å². The molecule has 0 aromatic carbocycles. The van der Waals surface area contributed by atoms with E-state index in [2.05, 4.69) is 26.2 Å². The van der Waals surface area contributed by atoms with Crippen molar-refractivity contribution in [3.63, 3.8) is 0 Å². The molecule has 1 atom stereocenters. The molecule has 0 saturated carbocycles. The van der Waals surface area contributed by atoms with Crippen molar-refractivity contribution in [2.75, 3.05) is 13.7 Å². The Labute approximate surface area is 96.9 Å². The molecule has 1 rings (SSSR count). The number of ether oxygens (including phenoxy) is 1. The van der Waals surface area contributed by atoms with E-state index < -0.39 is 0 Å². The average molecular weight is 276 g/mol. The molecule has 0 radical (unpaired) electrons. The summed E-state index contributed by atoms with van der Waals surface area (Å²) in [5.41, 5.74) is 0.512. The predicted octanol–water partition coefficient (Wildman–Crippen LogP) is 1.43. The van der Waals surface area contributed by atoms with E-state index in [0.717, 1.165) is 0 Å². The van der Waals surface area contributed by atoms with E-state index in [1.807, 2.05) is 6.92 Å². The molecular formula is C9H14BrN3O2. The predicted molar refractivity (Wildman–Crippen MR) is 58.7 cm³/mol. The van der Waals surface area contributed by atoms with Gasteiger partial charge in [0.05, 0.1) is 0 Å². The molecule has 0 aliphatic rings. The van der Waals surface area contributed by atoms with Gasteiger partial charge >= 0.3 is 0 Å². The minimum absolute atomic E-state index is 0.0268. The Morgan fingerprint density at radius 2 is 2.33 bits per heavy atom. The van der Waals surface area contributed by atoms with Gasteiger partial charge in [-0.3, -0.25) is 4.79 Å². The second kappa shape index (κ2) is 5.37. The number of rotatable bonds is 5. The lowest BCUT2D eigenvalue weighted by atomic mass is 10.0. The number of aromatic nitrogens is 3. The number of carbonyl (C=O) groups is 1. The van der Waals surface area contributed by atoms with E-state index in [1.54, 1.807) is 14.2 Å². The van der Waals surface area contributed by atoms with Crippen LogP contribution in [-0.4, -0.2) is 34.5 Å². The van der Waals surface area contributed by atoms with Gasteiger partial charge in [-0.25, -0.2) is 4.68 Å². The SMILES string of the molecule is COCC(C)CC(=O)c1c(Br)nnn1C. The number of carbonyl (C=O) groups excluding carboxylic acids is 1. The van der Waals surface area contributed by atoms with Crippen molar-refractivity contribution in [3.8, 4) is 0 Å². The lowest BCUT2D eigenvalue weighted by Gasteiger charge is -2.08. The second-order valence-electron chi connectivity index (χ2n) is 3.54. The van der Waals surface area contributed by atoms with Gasteiger partial charge in [-0.1, -0.05) is 12.1 Å². The van der Waals surface area contributed by atoms with Gasteiger partial charge in [0, 0.05) is 27.2 Å². The Morgan fingerprint density at radius 3 is 2.80 bits per heavy atom. The maximum Gasteiger partial charge on any atom is 0.184 e. The number of halogens is 1. The van der Waals surface area contributed by atoms with Crippen LogP contribution in [-0.2, 0) is 11.8 Å². The molecular weight excluding hydrogens is 262 g/mol. The number of nitrogens with zero attached hydrogens (tertiary/aromatic N) is 3. The van der Waals surface area contributed by atoms with Crippen LogP contribution >= 0.6 is 15.9 Å². The lowest BCUT2D eigenvalue weighted by Crippen LogP contribution is -2.14. The molecule has 0 aliphatic carbocycles. The summed E-state index contributed by atoms with van der Waals surface area (Å²) in [6.45, 7) is 2.55. The fourth-order valence-corrected chi connectivity index (χ4v) is 1.93. The largest absolute Gasteiger partial charge is 0.384 e. The van der Waals surface area contributed by atoms with E-state index in [0.29, 0.717) is 23.3 Å². The topological polar surface area (TPSA) is 57.0 Å². The van der Waals surface area contributed by atoms with Gasteiger partial charge in [-0.15, -0.1) is 5.10 Å². The first-order valence-corrected chi connectivity index (χ1v) is 5.42. The van der Waals surface area contributed by atoms with Gasteiger partial charge in [-0.2, -0.15) is 0 Å². The Hall–Kier alpha value is -0.750. The molecule has 1 aromatic rings. The van der Waals surface area contributed by atoms with Crippen LogP contribution in [0, 0.1) is 5.92 Å². The fourth-order valence-electron chi connectivity index (χ4n) is 1.38. The zero-order chi connectivity index (χ0) is 11.4. The summed E-state index contributed by atoms with van der Waals surface area (Å²) in [4.78, 5) is 11.8. The third-order valence-electron chi connectivity index (χ3n) is 2.03. The van der Waals surface area contributed by atoms with Crippen LogP contribution in [0.3, 0.4) is 0 Å². The molecule has 84 valence electrons. The number of ketones is 1. The molecule has 1 unspecified atom stereocenters. The number of methoxy groups -OCH3 is 1. The van der Waals surface area contributed by atoms with Gasteiger partial charge in [0.1, 0.15) is 5.69 Å². The average Bonchev–Trinajstić information content (AvgIpc) is 2.46. The zero-order valence-corrected chi connectivity index (χ0v) is 10.6. The molecule has 0 spiro atoms. The van der Waals surface area contributed by atoms with Crippen LogP contribution < -0.4 is 0 Å². The molecule has 0 aliphatic heterocycles. The molecule has 0 fully saturated rings. The first-order chi connectivity index (χ1) is 7.06. The van der Waals surface area contributed by atoms with Gasteiger partial charge in [0.25, 0.3) is 0 Å². The van der Waals surface area contributed by atoms with Crippen LogP contribution in [0.15, 0.2) is 4.60 Å². The summed E-state index contributed by atoms with van der Waals surface area (Å²) in [6, 6.07) is 0. The van der Waals surface area contributed by atoms with Crippen LogP contribution in [0.5, 0.6) is 0 Å². The smallest absolute Gasteiger partial charge is 0.184 e. The number of hydrogen-bond donors (Lipinski definition) is 0. The van der Waals surface area contributed by atoms with Crippen molar-refractivity contribution >= 4 is 21.7 Å². The standard InChI is InChI=1S/C9H14BrN3O2/c1-6(5-15-3)4-7(14)8-9(10)11-12-13(8)2/h6H,4-5H2,1-3H3. The Balaban J connectivity index is 2.69. The Morgan fingerprint density at radius 1 is 1.67 bits per heavy atom. The van der Waals surface area contributed by atoms with Crippen LogP contribution in [0.1, 0.15) is 23.8 Å². The summed E-state index contributed by atoms with van der Waals surface area (Å²) < 4.78 is 6.96. The minimum atomic E-state index is 0.0268. The summed E-state index contributed by atoms with van der Waals surface area (Å²) in [6.07, 6.45) is 0.438. The van der Waals surface area contributed by atoms with Crippen molar-refractivity contribution in [1.82, 2.24) is 15.0 Å². The van der Waals surface area contributed by atoms with Crippen molar-refractivity contribution in [1.29, 1.82) is 0 Å². The van der Waals surface area contributed by atoms with E-state index in [1.165, 1.54) is 4.68 Å². The first-order valence-electron chi connectivity index (χ1n) is 4.63. The highest BCUT2D eigenvalue weighted by molar-refractivity contribution is 9.10. The molecule has 15 heavy (non-hydrogen) atoms. The maximum absolute atomic E-state index is 11.8. The van der Waals surface area contributed by atoms with Gasteiger partial charge in [0.2, 0.25) is 0 Å². The fraction of sp³-hybridized carbons (Fsp3) is 0.667. The maximum atomic E-state index is 11.8. The van der Waals surface area contributed by atoms with E-state index in [4.69, 9.17) is 4.74 Å². The molecule has 0 amide bonds. The summed E-state index contributed by atoms with van der Waals surface area (Å²) >= 11 is 3.20. The highest BCUT2D eigenvalue weighted by atomic mass is 79.9. The monoisotopic (exact) mass is 275 g/mol. The third kappa shape index (κ3) is 3.10. The summed E-state index contributed by atoms with van der Waals surface area (Å²) in [7, 11) is 3.33. The van der Waals surface area contributed by atoms with Gasteiger partial charge in [0.15, 0.2) is 10.4 Å². The van der Waals surface area contributed by atoms with E-state index in [9.17, 15) is 4.79 Å². The van der Waals surface area contributed by atoms with Crippen molar-refractivity contribution < 1.29 is 9.53 Å². The molecule has 1 aromatic heterocycles. The number of hydrogen-bond acceptors (Lipinski definition) is 4. The van der Waals surface area contributed by atoms with Crippen molar-refractivity contribution in [2.24, 2.45) is 13.0 Å². The molecule has 0 saturated heterocycles. The van der Waals surface area contributed by atoms with Gasteiger partial charge < -0.3 is 4.74 Å².